The zero-order valence-corrected chi connectivity index (χ0v) is 10.8. The van der Waals surface area contributed by atoms with Crippen LogP contribution >= 0.6 is 0 Å². The van der Waals surface area contributed by atoms with E-state index in [4.69, 9.17) is 5.73 Å². The fourth-order valence-electron chi connectivity index (χ4n) is 1.91. The Morgan fingerprint density at radius 3 is 2.35 bits per heavy atom. The van der Waals surface area contributed by atoms with Gasteiger partial charge in [0.2, 0.25) is 5.91 Å². The average molecular weight is 234 g/mol. The molecule has 0 aromatic heterocycles. The molecule has 0 aliphatic heterocycles. The van der Waals surface area contributed by atoms with Crippen LogP contribution in [0.3, 0.4) is 0 Å². The van der Waals surface area contributed by atoms with Crippen molar-refractivity contribution >= 4 is 5.91 Å². The summed E-state index contributed by atoms with van der Waals surface area (Å²) < 4.78 is 0. The largest absolute Gasteiger partial charge is 0.352 e. The first-order chi connectivity index (χ1) is 8.00. The Hall–Kier alpha value is -1.35. The summed E-state index contributed by atoms with van der Waals surface area (Å²) in [6, 6.07) is 9.02. The van der Waals surface area contributed by atoms with Crippen molar-refractivity contribution in [2.24, 2.45) is 11.7 Å². The summed E-state index contributed by atoms with van der Waals surface area (Å²) in [7, 11) is 0. The van der Waals surface area contributed by atoms with Crippen LogP contribution in [0.4, 0.5) is 0 Å². The zero-order valence-electron chi connectivity index (χ0n) is 10.8. The Labute approximate surface area is 103 Å². The summed E-state index contributed by atoms with van der Waals surface area (Å²) in [6.07, 6.45) is 0.966. The maximum absolute atomic E-state index is 11.9. The van der Waals surface area contributed by atoms with Crippen LogP contribution in [0, 0.1) is 5.92 Å². The maximum Gasteiger partial charge on any atom is 0.241 e. The number of nitrogens with one attached hydrogen (secondary N) is 1. The summed E-state index contributed by atoms with van der Waals surface area (Å²) in [5, 5.41) is 2.95. The monoisotopic (exact) mass is 234 g/mol. The first-order valence-corrected chi connectivity index (χ1v) is 6.11. The Kier molecular flexibility index (Phi) is 5.16. The topological polar surface area (TPSA) is 55.1 Å². The fraction of sp³-hybridized carbons (Fsp3) is 0.500. The molecule has 0 bridgehead atoms. The molecule has 2 atom stereocenters. The van der Waals surface area contributed by atoms with Crippen molar-refractivity contribution in [3.63, 3.8) is 0 Å². The lowest BCUT2D eigenvalue weighted by Crippen LogP contribution is -2.39. The minimum absolute atomic E-state index is 0.107. The summed E-state index contributed by atoms with van der Waals surface area (Å²) in [5.74, 6) is 0.461. The molecule has 1 amide bonds. The molecule has 94 valence electrons. The second kappa shape index (κ2) is 6.40. The maximum atomic E-state index is 11.9. The molecule has 1 unspecified atom stereocenters. The van der Waals surface area contributed by atoms with Gasteiger partial charge in [0.25, 0.3) is 0 Å². The van der Waals surface area contributed by atoms with E-state index in [9.17, 15) is 4.79 Å². The Balaban J connectivity index is 2.53. The Bertz CT molecular complexity index is 348. The van der Waals surface area contributed by atoms with E-state index < -0.39 is 6.04 Å². The summed E-state index contributed by atoms with van der Waals surface area (Å²) >= 11 is 0. The van der Waals surface area contributed by atoms with Gasteiger partial charge in [0.15, 0.2) is 0 Å². The molecule has 0 aliphatic rings. The van der Waals surface area contributed by atoms with Gasteiger partial charge in [-0.25, -0.2) is 0 Å². The number of benzene rings is 1. The van der Waals surface area contributed by atoms with Crippen LogP contribution in [0.1, 0.15) is 38.8 Å². The number of hydrogen-bond donors (Lipinski definition) is 2. The minimum Gasteiger partial charge on any atom is -0.352 e. The van der Waals surface area contributed by atoms with Gasteiger partial charge >= 0.3 is 0 Å². The SMILES string of the molecule is CC(C)CC(C)NC(=O)[C@@H](N)c1ccccc1. The third-order valence-corrected chi connectivity index (χ3v) is 2.65. The van der Waals surface area contributed by atoms with Crippen LogP contribution in [0.5, 0.6) is 0 Å². The van der Waals surface area contributed by atoms with E-state index in [1.165, 1.54) is 0 Å². The number of nitrogens with two attached hydrogens (primary N) is 1. The van der Waals surface area contributed by atoms with Crippen LogP contribution in [0.25, 0.3) is 0 Å². The van der Waals surface area contributed by atoms with Gasteiger partial charge in [-0.05, 0) is 24.8 Å². The third-order valence-electron chi connectivity index (χ3n) is 2.65. The van der Waals surface area contributed by atoms with Crippen molar-refractivity contribution in [2.75, 3.05) is 0 Å². The van der Waals surface area contributed by atoms with Crippen molar-refractivity contribution in [2.45, 2.75) is 39.3 Å². The van der Waals surface area contributed by atoms with Crippen molar-refractivity contribution in [3.8, 4) is 0 Å². The average Bonchev–Trinajstić information content (AvgIpc) is 2.28. The molecule has 1 rings (SSSR count). The summed E-state index contributed by atoms with van der Waals surface area (Å²) in [6.45, 7) is 6.29. The highest BCUT2D eigenvalue weighted by atomic mass is 16.2. The van der Waals surface area contributed by atoms with Gasteiger partial charge in [-0.15, -0.1) is 0 Å². The molecule has 1 aromatic carbocycles. The highest BCUT2D eigenvalue weighted by molar-refractivity contribution is 5.83. The third kappa shape index (κ3) is 4.57. The molecule has 0 fully saturated rings. The molecule has 0 radical (unpaired) electrons. The van der Waals surface area contributed by atoms with E-state index in [0.29, 0.717) is 5.92 Å². The van der Waals surface area contributed by atoms with Crippen LogP contribution in [0.15, 0.2) is 30.3 Å². The van der Waals surface area contributed by atoms with Gasteiger partial charge in [0, 0.05) is 6.04 Å². The van der Waals surface area contributed by atoms with E-state index in [0.717, 1.165) is 12.0 Å². The van der Waals surface area contributed by atoms with E-state index in [1.807, 2.05) is 37.3 Å². The highest BCUT2D eigenvalue weighted by Gasteiger charge is 2.17. The molecule has 0 aliphatic carbocycles. The predicted octanol–water partition coefficient (Wildman–Crippen LogP) is 2.24. The van der Waals surface area contributed by atoms with E-state index >= 15 is 0 Å². The molecule has 0 heterocycles. The molecule has 1 aromatic rings. The molecular formula is C14H22N2O. The number of rotatable bonds is 5. The molecule has 0 spiro atoms. The molecule has 3 nitrogen and oxygen atoms in total. The van der Waals surface area contributed by atoms with Crippen LogP contribution < -0.4 is 11.1 Å². The van der Waals surface area contributed by atoms with Gasteiger partial charge in [-0.1, -0.05) is 44.2 Å². The molecular weight excluding hydrogens is 212 g/mol. The molecule has 3 heteroatoms. The van der Waals surface area contributed by atoms with Crippen molar-refractivity contribution in [1.29, 1.82) is 0 Å². The minimum atomic E-state index is -0.578. The van der Waals surface area contributed by atoms with E-state index in [1.54, 1.807) is 0 Å². The summed E-state index contributed by atoms with van der Waals surface area (Å²) in [4.78, 5) is 11.9. The molecule has 0 saturated heterocycles. The number of carbonyl (C=O) groups is 1. The normalized spacial score (nSPS) is 14.4. The molecule has 3 N–H and O–H groups in total. The van der Waals surface area contributed by atoms with Crippen molar-refractivity contribution in [3.05, 3.63) is 35.9 Å². The fourth-order valence-corrected chi connectivity index (χ4v) is 1.91. The first kappa shape index (κ1) is 13.7. The Morgan fingerprint density at radius 2 is 1.82 bits per heavy atom. The lowest BCUT2D eigenvalue weighted by molar-refractivity contribution is -0.123. The predicted molar refractivity (Wildman–Crippen MR) is 70.4 cm³/mol. The van der Waals surface area contributed by atoms with Gasteiger partial charge in [-0.3, -0.25) is 4.79 Å². The quantitative estimate of drug-likeness (QED) is 0.821. The molecule has 0 saturated carbocycles. The van der Waals surface area contributed by atoms with Crippen LogP contribution in [0.2, 0.25) is 0 Å². The van der Waals surface area contributed by atoms with Crippen LogP contribution in [-0.2, 0) is 4.79 Å². The van der Waals surface area contributed by atoms with Crippen molar-refractivity contribution < 1.29 is 4.79 Å². The Morgan fingerprint density at radius 1 is 1.24 bits per heavy atom. The smallest absolute Gasteiger partial charge is 0.241 e. The zero-order chi connectivity index (χ0) is 12.8. The lowest BCUT2D eigenvalue weighted by Gasteiger charge is -2.19. The standard InChI is InChI=1S/C14H22N2O/c1-10(2)9-11(3)16-14(17)13(15)12-7-5-4-6-8-12/h4-8,10-11,13H,9,15H2,1-3H3,(H,16,17)/t11?,13-/m0/s1. The molecule has 17 heavy (non-hydrogen) atoms. The lowest BCUT2D eigenvalue weighted by atomic mass is 10.0. The number of amides is 1. The van der Waals surface area contributed by atoms with Gasteiger partial charge in [0.1, 0.15) is 6.04 Å². The first-order valence-electron chi connectivity index (χ1n) is 6.11. The number of hydrogen-bond acceptors (Lipinski definition) is 2. The van der Waals surface area contributed by atoms with Crippen LogP contribution in [-0.4, -0.2) is 11.9 Å². The van der Waals surface area contributed by atoms with Gasteiger partial charge in [0.05, 0.1) is 0 Å². The van der Waals surface area contributed by atoms with Crippen molar-refractivity contribution in [1.82, 2.24) is 5.32 Å². The van der Waals surface area contributed by atoms with Gasteiger partial charge < -0.3 is 11.1 Å². The highest BCUT2D eigenvalue weighted by Crippen LogP contribution is 2.11. The second-order valence-corrected chi connectivity index (χ2v) is 4.93. The number of carbonyl (C=O) groups excluding carboxylic acids is 1. The second-order valence-electron chi connectivity index (χ2n) is 4.93. The van der Waals surface area contributed by atoms with E-state index in [-0.39, 0.29) is 11.9 Å². The van der Waals surface area contributed by atoms with E-state index in [2.05, 4.69) is 19.2 Å². The van der Waals surface area contributed by atoms with Gasteiger partial charge in [-0.2, -0.15) is 0 Å². The summed E-state index contributed by atoms with van der Waals surface area (Å²) in [5.41, 5.74) is 6.75.